The topological polar surface area (TPSA) is 55.1 Å². The van der Waals surface area contributed by atoms with Crippen molar-refractivity contribution >= 4 is 5.91 Å². The molecular formula is C8H12N2O2. The van der Waals surface area contributed by atoms with Gasteiger partial charge in [-0.15, -0.1) is 0 Å². The molecule has 1 heterocycles. The van der Waals surface area contributed by atoms with E-state index in [1.54, 1.807) is 0 Å². The number of amides is 1. The van der Waals surface area contributed by atoms with Crippen molar-refractivity contribution in [3.63, 3.8) is 0 Å². The zero-order valence-electron chi connectivity index (χ0n) is 7.20. The molecule has 4 nitrogen and oxygen atoms in total. The van der Waals surface area contributed by atoms with Crippen LogP contribution in [0.4, 0.5) is 0 Å². The van der Waals surface area contributed by atoms with Crippen molar-refractivity contribution in [1.82, 2.24) is 10.5 Å². The average Bonchev–Trinajstić information content (AvgIpc) is 2.51. The Balaban J connectivity index is 2.40. The first kappa shape index (κ1) is 8.77. The van der Waals surface area contributed by atoms with E-state index in [0.717, 1.165) is 0 Å². The molecule has 0 saturated carbocycles. The summed E-state index contributed by atoms with van der Waals surface area (Å²) in [7, 11) is 0. The SMILES string of the molecule is CC(C)CNC(=O)c1ccon1. The highest BCUT2D eigenvalue weighted by Gasteiger charge is 2.07. The molecule has 0 radical (unpaired) electrons. The Morgan fingerprint density at radius 1 is 1.75 bits per heavy atom. The van der Waals surface area contributed by atoms with Crippen LogP contribution >= 0.6 is 0 Å². The van der Waals surface area contributed by atoms with Crippen LogP contribution in [0.15, 0.2) is 16.9 Å². The number of aromatic nitrogens is 1. The maximum Gasteiger partial charge on any atom is 0.273 e. The van der Waals surface area contributed by atoms with Gasteiger partial charge in [0.15, 0.2) is 5.69 Å². The van der Waals surface area contributed by atoms with Gasteiger partial charge in [-0.05, 0) is 5.92 Å². The highest BCUT2D eigenvalue weighted by atomic mass is 16.5. The van der Waals surface area contributed by atoms with Gasteiger partial charge in [-0.25, -0.2) is 0 Å². The second-order valence-corrected chi connectivity index (χ2v) is 2.99. The third-order valence-corrected chi connectivity index (χ3v) is 1.34. The third kappa shape index (κ3) is 2.38. The van der Waals surface area contributed by atoms with E-state index in [1.165, 1.54) is 12.3 Å². The van der Waals surface area contributed by atoms with Crippen molar-refractivity contribution in [2.24, 2.45) is 5.92 Å². The molecule has 1 N–H and O–H groups in total. The minimum absolute atomic E-state index is 0.183. The van der Waals surface area contributed by atoms with Crippen molar-refractivity contribution < 1.29 is 9.32 Å². The zero-order chi connectivity index (χ0) is 8.97. The van der Waals surface area contributed by atoms with Gasteiger partial charge in [0, 0.05) is 12.6 Å². The standard InChI is InChI=1S/C8H12N2O2/c1-6(2)5-9-8(11)7-3-4-12-10-7/h3-4,6H,5H2,1-2H3,(H,9,11). The minimum atomic E-state index is -0.183. The summed E-state index contributed by atoms with van der Waals surface area (Å²) in [6, 6.07) is 1.54. The maximum absolute atomic E-state index is 11.2. The van der Waals surface area contributed by atoms with Crippen LogP contribution in [-0.4, -0.2) is 17.6 Å². The number of rotatable bonds is 3. The fraction of sp³-hybridized carbons (Fsp3) is 0.500. The van der Waals surface area contributed by atoms with Crippen LogP contribution in [0.1, 0.15) is 24.3 Å². The van der Waals surface area contributed by atoms with Crippen molar-refractivity contribution in [3.05, 3.63) is 18.0 Å². The smallest absolute Gasteiger partial charge is 0.273 e. The van der Waals surface area contributed by atoms with Crippen LogP contribution in [0.3, 0.4) is 0 Å². The first-order valence-corrected chi connectivity index (χ1v) is 3.88. The molecule has 0 aliphatic carbocycles. The zero-order valence-corrected chi connectivity index (χ0v) is 7.20. The van der Waals surface area contributed by atoms with Crippen molar-refractivity contribution in [2.75, 3.05) is 6.54 Å². The molecule has 1 aromatic heterocycles. The lowest BCUT2D eigenvalue weighted by Gasteiger charge is -2.04. The fourth-order valence-electron chi connectivity index (χ4n) is 0.717. The molecule has 0 aliphatic heterocycles. The van der Waals surface area contributed by atoms with Gasteiger partial charge < -0.3 is 9.84 Å². The summed E-state index contributed by atoms with van der Waals surface area (Å²) in [6.07, 6.45) is 1.38. The second kappa shape index (κ2) is 3.90. The lowest BCUT2D eigenvalue weighted by molar-refractivity contribution is 0.0940. The van der Waals surface area contributed by atoms with Crippen LogP contribution in [0.2, 0.25) is 0 Å². The van der Waals surface area contributed by atoms with E-state index in [2.05, 4.69) is 15.0 Å². The largest absolute Gasteiger partial charge is 0.364 e. The van der Waals surface area contributed by atoms with Gasteiger partial charge in [0.25, 0.3) is 5.91 Å². The van der Waals surface area contributed by atoms with E-state index in [-0.39, 0.29) is 5.91 Å². The summed E-state index contributed by atoms with van der Waals surface area (Å²) in [5.41, 5.74) is 0.329. The highest BCUT2D eigenvalue weighted by molar-refractivity contribution is 5.91. The van der Waals surface area contributed by atoms with E-state index in [1.807, 2.05) is 13.8 Å². The van der Waals surface area contributed by atoms with Gasteiger partial charge >= 0.3 is 0 Å². The molecule has 4 heteroatoms. The predicted molar refractivity (Wildman–Crippen MR) is 43.7 cm³/mol. The summed E-state index contributed by atoms with van der Waals surface area (Å²) in [6.45, 7) is 4.72. The Bertz CT molecular complexity index is 242. The molecule has 0 unspecified atom stereocenters. The normalized spacial score (nSPS) is 10.2. The van der Waals surface area contributed by atoms with Crippen LogP contribution in [0.5, 0.6) is 0 Å². The fourth-order valence-corrected chi connectivity index (χ4v) is 0.717. The Morgan fingerprint density at radius 2 is 2.50 bits per heavy atom. The summed E-state index contributed by atoms with van der Waals surface area (Å²) in [5, 5.41) is 6.23. The number of carbonyl (C=O) groups is 1. The molecule has 0 aromatic carbocycles. The van der Waals surface area contributed by atoms with Crippen molar-refractivity contribution in [3.8, 4) is 0 Å². The number of carbonyl (C=O) groups excluding carboxylic acids is 1. The molecule has 1 aromatic rings. The van der Waals surface area contributed by atoms with Crippen LogP contribution in [0, 0.1) is 5.92 Å². The molecule has 0 fully saturated rings. The molecule has 0 aliphatic rings. The van der Waals surface area contributed by atoms with Crippen molar-refractivity contribution in [2.45, 2.75) is 13.8 Å². The van der Waals surface area contributed by atoms with Gasteiger partial charge in [-0.3, -0.25) is 4.79 Å². The maximum atomic E-state index is 11.2. The molecule has 0 atom stereocenters. The summed E-state index contributed by atoms with van der Waals surface area (Å²) >= 11 is 0. The first-order valence-electron chi connectivity index (χ1n) is 3.88. The monoisotopic (exact) mass is 168 g/mol. The third-order valence-electron chi connectivity index (χ3n) is 1.34. The summed E-state index contributed by atoms with van der Waals surface area (Å²) in [5.74, 6) is 0.262. The first-order chi connectivity index (χ1) is 5.70. The molecule has 1 amide bonds. The number of hydrogen-bond acceptors (Lipinski definition) is 3. The lowest BCUT2D eigenvalue weighted by Crippen LogP contribution is -2.27. The van der Waals surface area contributed by atoms with Gasteiger partial charge in [0.05, 0.1) is 0 Å². The van der Waals surface area contributed by atoms with E-state index in [0.29, 0.717) is 18.2 Å². The lowest BCUT2D eigenvalue weighted by atomic mass is 10.2. The predicted octanol–water partition coefficient (Wildman–Crippen LogP) is 1.06. The van der Waals surface area contributed by atoms with Gasteiger partial charge in [-0.1, -0.05) is 19.0 Å². The van der Waals surface area contributed by atoms with Gasteiger partial charge in [-0.2, -0.15) is 0 Å². The minimum Gasteiger partial charge on any atom is -0.364 e. The van der Waals surface area contributed by atoms with Gasteiger partial charge in [0.1, 0.15) is 6.26 Å². The second-order valence-electron chi connectivity index (χ2n) is 2.99. The molecule has 0 bridgehead atoms. The Morgan fingerprint density at radius 3 is 3.00 bits per heavy atom. The Kier molecular flexibility index (Phi) is 2.85. The van der Waals surface area contributed by atoms with Crippen LogP contribution < -0.4 is 5.32 Å². The number of hydrogen-bond donors (Lipinski definition) is 1. The van der Waals surface area contributed by atoms with Gasteiger partial charge in [0.2, 0.25) is 0 Å². The molecule has 0 saturated heterocycles. The number of nitrogens with zero attached hydrogens (tertiary/aromatic N) is 1. The average molecular weight is 168 g/mol. The van der Waals surface area contributed by atoms with E-state index >= 15 is 0 Å². The van der Waals surface area contributed by atoms with Crippen LogP contribution in [-0.2, 0) is 0 Å². The molecule has 1 rings (SSSR count). The quantitative estimate of drug-likeness (QED) is 0.734. The molecular weight excluding hydrogens is 156 g/mol. The van der Waals surface area contributed by atoms with E-state index < -0.39 is 0 Å². The highest BCUT2D eigenvalue weighted by Crippen LogP contribution is 1.94. The number of nitrogens with one attached hydrogen (secondary N) is 1. The van der Waals surface area contributed by atoms with E-state index in [4.69, 9.17) is 0 Å². The Hall–Kier alpha value is -1.32. The molecule has 0 spiro atoms. The van der Waals surface area contributed by atoms with Crippen LogP contribution in [0.25, 0.3) is 0 Å². The van der Waals surface area contributed by atoms with E-state index in [9.17, 15) is 4.79 Å². The molecule has 66 valence electrons. The summed E-state index contributed by atoms with van der Waals surface area (Å²) in [4.78, 5) is 11.2. The summed E-state index contributed by atoms with van der Waals surface area (Å²) < 4.78 is 4.53. The van der Waals surface area contributed by atoms with Crippen molar-refractivity contribution in [1.29, 1.82) is 0 Å². The molecule has 12 heavy (non-hydrogen) atoms. The Labute approximate surface area is 70.9 Å².